The zero-order valence-corrected chi connectivity index (χ0v) is 18.5. The second-order valence-corrected chi connectivity index (χ2v) is 9.54. The van der Waals surface area contributed by atoms with Crippen molar-refractivity contribution in [3.63, 3.8) is 0 Å². The van der Waals surface area contributed by atoms with Crippen molar-refractivity contribution in [1.29, 1.82) is 0 Å². The monoisotopic (exact) mass is 440 g/mol. The fourth-order valence-corrected chi connectivity index (χ4v) is 5.82. The highest BCUT2D eigenvalue weighted by molar-refractivity contribution is 7.07. The van der Waals surface area contributed by atoms with E-state index in [-0.39, 0.29) is 11.1 Å². The number of nitrogens with zero attached hydrogens (tertiary/aromatic N) is 2. The van der Waals surface area contributed by atoms with Crippen molar-refractivity contribution in [3.8, 4) is 0 Å². The minimum atomic E-state index is -1.09. The molecule has 7 heteroatoms. The molecule has 0 atom stereocenters. The van der Waals surface area contributed by atoms with E-state index in [0.29, 0.717) is 27.0 Å². The fourth-order valence-electron chi connectivity index (χ4n) is 4.81. The molecule has 6 nitrogen and oxygen atoms in total. The molecule has 31 heavy (non-hydrogen) atoms. The van der Waals surface area contributed by atoms with Gasteiger partial charge in [0, 0.05) is 12.1 Å². The first-order valence-corrected chi connectivity index (χ1v) is 11.8. The van der Waals surface area contributed by atoms with E-state index >= 15 is 0 Å². The number of anilines is 1. The van der Waals surface area contributed by atoms with Gasteiger partial charge < -0.3 is 5.11 Å². The van der Waals surface area contributed by atoms with Crippen molar-refractivity contribution < 1.29 is 14.7 Å². The summed E-state index contributed by atoms with van der Waals surface area (Å²) in [5.74, 6) is -0.707. The summed E-state index contributed by atoms with van der Waals surface area (Å²) in [6.45, 7) is 4.21. The number of carboxylic acid groups (broad SMARTS) is 1. The van der Waals surface area contributed by atoms with Crippen LogP contribution < -0.4 is 19.7 Å². The number of aromatic nitrogens is 1. The van der Waals surface area contributed by atoms with Gasteiger partial charge in [-0.25, -0.2) is 0 Å². The molecule has 1 aromatic carbocycles. The molecule has 1 aromatic heterocycles. The third-order valence-electron chi connectivity index (χ3n) is 6.37. The van der Waals surface area contributed by atoms with Crippen LogP contribution in [0.1, 0.15) is 56.9 Å². The molecule has 1 saturated carbocycles. The maximum absolute atomic E-state index is 13.2. The lowest BCUT2D eigenvalue weighted by atomic mass is 9.86. The van der Waals surface area contributed by atoms with E-state index in [1.807, 2.05) is 0 Å². The molecule has 1 N–H and O–H groups in total. The number of thiazole rings is 1. The van der Waals surface area contributed by atoms with Crippen molar-refractivity contribution in [1.82, 2.24) is 4.57 Å². The lowest BCUT2D eigenvalue weighted by Crippen LogP contribution is -2.36. The molecular formula is C24H28N2O4S. The van der Waals surface area contributed by atoms with Gasteiger partial charge in [-0.1, -0.05) is 69.7 Å². The van der Waals surface area contributed by atoms with Crippen molar-refractivity contribution in [2.45, 2.75) is 57.9 Å². The highest BCUT2D eigenvalue weighted by atomic mass is 32.1. The smallest absolute Gasteiger partial charge is 0.323 e. The maximum Gasteiger partial charge on any atom is 0.323 e. The van der Waals surface area contributed by atoms with Gasteiger partial charge in [-0.05, 0) is 18.4 Å². The molecule has 4 rings (SSSR count). The van der Waals surface area contributed by atoms with Crippen molar-refractivity contribution in [3.05, 3.63) is 49.4 Å². The number of amides is 1. The summed E-state index contributed by atoms with van der Waals surface area (Å²) in [7, 11) is 0. The number of hydrogen-bond donors (Lipinski definition) is 1. The van der Waals surface area contributed by atoms with Gasteiger partial charge in [0.05, 0.1) is 15.9 Å². The molecule has 164 valence electrons. The van der Waals surface area contributed by atoms with Crippen LogP contribution in [0.15, 0.2) is 29.1 Å². The van der Waals surface area contributed by atoms with Gasteiger partial charge in [-0.15, -0.1) is 11.3 Å². The fraction of sp³-hybridized carbons (Fsp3) is 0.458. The first kappa shape index (κ1) is 21.6. The standard InChI is InChI=1S/C24H28N2O4S/c1-16-25(14-8-7-11-17-9-3-2-4-10-17)24(30)22(31-16)21-18-12-5-6-13-19(18)26(23(21)29)15-20(27)28/h5-6,12-13,17H,1-4,7-11,14-15H2,(H,27,28)/b22-21-. The summed E-state index contributed by atoms with van der Waals surface area (Å²) >= 11 is 1.22. The van der Waals surface area contributed by atoms with E-state index in [1.165, 1.54) is 54.8 Å². The third kappa shape index (κ3) is 4.37. The molecule has 0 radical (unpaired) electrons. The van der Waals surface area contributed by atoms with Gasteiger partial charge in [-0.2, -0.15) is 0 Å². The highest BCUT2D eigenvalue weighted by Crippen LogP contribution is 2.34. The van der Waals surface area contributed by atoms with Crippen LogP contribution >= 0.6 is 11.3 Å². The van der Waals surface area contributed by atoms with Crippen LogP contribution in [0.3, 0.4) is 0 Å². The van der Waals surface area contributed by atoms with E-state index in [0.717, 1.165) is 18.8 Å². The average Bonchev–Trinajstić information content (AvgIpc) is 3.19. The number of carbonyl (C=O) groups is 2. The summed E-state index contributed by atoms with van der Waals surface area (Å²) in [5, 5.41) is 9.22. The van der Waals surface area contributed by atoms with Gasteiger partial charge in [0.1, 0.15) is 11.1 Å². The number of carbonyl (C=O) groups excluding carboxylic acids is 1. The molecule has 2 aliphatic rings. The third-order valence-corrected chi connectivity index (χ3v) is 7.41. The zero-order chi connectivity index (χ0) is 22.0. The first-order valence-electron chi connectivity index (χ1n) is 11.0. The Hall–Kier alpha value is -2.67. The molecular weight excluding hydrogens is 412 g/mol. The lowest BCUT2D eigenvalue weighted by molar-refractivity contribution is -0.136. The predicted molar refractivity (Wildman–Crippen MR) is 123 cm³/mol. The van der Waals surface area contributed by atoms with Crippen LogP contribution in [0, 0.1) is 5.92 Å². The molecule has 0 saturated heterocycles. The number of aliphatic carboxylic acids is 1. The average molecular weight is 441 g/mol. The summed E-state index contributed by atoms with van der Waals surface area (Å²) in [4.78, 5) is 38.7. The van der Waals surface area contributed by atoms with Gasteiger partial charge >= 0.3 is 5.97 Å². The van der Waals surface area contributed by atoms with Crippen LogP contribution in [0.25, 0.3) is 12.2 Å². The SMILES string of the molecule is C=c1s/c(=C2\C(=O)N(CC(=O)O)c3ccccc32)c(=O)n1CCCCC1CCCCC1. The molecule has 2 aromatic rings. The summed E-state index contributed by atoms with van der Waals surface area (Å²) in [6, 6.07) is 7.03. The first-order chi connectivity index (χ1) is 15.0. The van der Waals surface area contributed by atoms with E-state index < -0.39 is 18.4 Å². The number of benzene rings is 1. The maximum atomic E-state index is 13.2. The number of fused-ring (bicyclic) bond motifs is 1. The Balaban J connectivity index is 1.60. The number of carboxylic acids is 1. The minimum absolute atomic E-state index is 0.206. The Bertz CT molecular complexity index is 1160. The Morgan fingerprint density at radius 2 is 1.87 bits per heavy atom. The topological polar surface area (TPSA) is 79.6 Å². The van der Waals surface area contributed by atoms with Gasteiger partial charge in [0.25, 0.3) is 11.5 Å². The Labute approximate surface area is 185 Å². The van der Waals surface area contributed by atoms with Crippen molar-refractivity contribution >= 4 is 41.1 Å². The van der Waals surface area contributed by atoms with E-state index in [1.54, 1.807) is 28.8 Å². The van der Waals surface area contributed by atoms with E-state index in [9.17, 15) is 19.5 Å². The molecule has 2 heterocycles. The number of unbranched alkanes of at least 4 members (excludes halogenated alkanes) is 1. The van der Waals surface area contributed by atoms with Gasteiger partial charge in [0.15, 0.2) is 0 Å². The second kappa shape index (κ2) is 9.22. The van der Waals surface area contributed by atoms with Crippen LogP contribution in [0.4, 0.5) is 5.69 Å². The molecule has 0 unspecified atom stereocenters. The Kier molecular flexibility index (Phi) is 6.41. The highest BCUT2D eigenvalue weighted by Gasteiger charge is 2.35. The molecule has 0 bridgehead atoms. The van der Waals surface area contributed by atoms with Crippen molar-refractivity contribution in [2.75, 3.05) is 11.4 Å². The Morgan fingerprint density at radius 3 is 2.61 bits per heavy atom. The van der Waals surface area contributed by atoms with Crippen LogP contribution in [0.2, 0.25) is 0 Å². The molecule has 1 aliphatic heterocycles. The van der Waals surface area contributed by atoms with Gasteiger partial charge in [0.2, 0.25) is 0 Å². The summed E-state index contributed by atoms with van der Waals surface area (Å²) < 4.78 is 2.65. The van der Waals surface area contributed by atoms with E-state index in [4.69, 9.17) is 0 Å². The minimum Gasteiger partial charge on any atom is -0.480 e. The second-order valence-electron chi connectivity index (χ2n) is 8.46. The zero-order valence-electron chi connectivity index (χ0n) is 17.6. The van der Waals surface area contributed by atoms with Crippen LogP contribution in [-0.4, -0.2) is 28.1 Å². The summed E-state index contributed by atoms with van der Waals surface area (Å²) in [6.07, 6.45) is 9.92. The van der Waals surface area contributed by atoms with E-state index in [2.05, 4.69) is 6.58 Å². The van der Waals surface area contributed by atoms with Gasteiger partial charge in [-0.3, -0.25) is 23.9 Å². The predicted octanol–water partition coefficient (Wildman–Crippen LogP) is 2.70. The molecule has 1 fully saturated rings. The number of hydrogen-bond acceptors (Lipinski definition) is 4. The molecule has 1 aliphatic carbocycles. The number of rotatable bonds is 7. The van der Waals surface area contributed by atoms with Crippen molar-refractivity contribution in [2.24, 2.45) is 5.92 Å². The summed E-state index contributed by atoms with van der Waals surface area (Å²) in [5.41, 5.74) is 1.22. The van der Waals surface area contributed by atoms with Crippen LogP contribution in [0.5, 0.6) is 0 Å². The Morgan fingerprint density at radius 1 is 1.13 bits per heavy atom. The largest absolute Gasteiger partial charge is 0.480 e. The number of para-hydroxylation sites is 1. The van der Waals surface area contributed by atoms with Crippen LogP contribution in [-0.2, 0) is 16.1 Å². The molecule has 0 spiro atoms. The molecule has 1 amide bonds. The quantitative estimate of drug-likeness (QED) is 0.672. The lowest BCUT2D eigenvalue weighted by Gasteiger charge is -2.21. The normalized spacial score (nSPS) is 18.5.